The van der Waals surface area contributed by atoms with E-state index in [1.54, 1.807) is 0 Å². The van der Waals surface area contributed by atoms with Crippen molar-refractivity contribution in [2.24, 2.45) is 0 Å². The van der Waals surface area contributed by atoms with Gasteiger partial charge in [0, 0.05) is 0 Å². The summed E-state index contributed by atoms with van der Waals surface area (Å²) in [6.07, 6.45) is -12.7. The molecule has 0 aliphatic carbocycles. The first-order valence-electron chi connectivity index (χ1n) is 7.05. The maximum absolute atomic E-state index is 10.00. The van der Waals surface area contributed by atoms with Gasteiger partial charge in [-0.05, 0) is 0 Å². The van der Waals surface area contributed by atoms with Crippen molar-refractivity contribution in [3.8, 4) is 0 Å². The summed E-state index contributed by atoms with van der Waals surface area (Å²) in [6, 6.07) is 0. The molecule has 26 heavy (non-hydrogen) atoms. The largest absolute Gasteiger partial charge is 2.00 e. The minimum atomic E-state index is -2.22. The van der Waals surface area contributed by atoms with Gasteiger partial charge >= 0.3 is 37.7 Å². The normalized spacial score (nSPS) is 45.2. The van der Waals surface area contributed by atoms with E-state index >= 15 is 0 Å². The molecule has 2 saturated heterocycles. The Labute approximate surface area is 191 Å². The zero-order valence-corrected chi connectivity index (χ0v) is 17.2. The van der Waals surface area contributed by atoms with Crippen molar-refractivity contribution >= 4 is 37.7 Å². The first-order valence-corrected chi connectivity index (χ1v) is 7.05. The minimum Gasteiger partial charge on any atom is -1.00 e. The van der Waals surface area contributed by atoms with Crippen LogP contribution >= 0.6 is 0 Å². The Morgan fingerprint density at radius 1 is 0.769 bits per heavy atom. The number of rotatable bonds is 5. The van der Waals surface area contributed by atoms with Crippen LogP contribution in [0.4, 0.5) is 0 Å². The fourth-order valence-corrected chi connectivity index (χ4v) is 2.63. The molecule has 0 amide bonds. The second kappa shape index (κ2) is 12.2. The van der Waals surface area contributed by atoms with Gasteiger partial charge in [0.25, 0.3) is 0 Å². The van der Waals surface area contributed by atoms with Crippen LogP contribution in [0.25, 0.3) is 0 Å². The van der Waals surface area contributed by atoms with Gasteiger partial charge in [0.15, 0.2) is 6.29 Å². The van der Waals surface area contributed by atoms with Crippen molar-refractivity contribution in [1.82, 2.24) is 0 Å². The Hall–Kier alpha value is 1.40. The van der Waals surface area contributed by atoms with Gasteiger partial charge in [-0.15, -0.1) is 0 Å². The van der Waals surface area contributed by atoms with Crippen molar-refractivity contribution in [3.05, 3.63) is 0 Å². The summed E-state index contributed by atoms with van der Waals surface area (Å²) < 4.78 is 15.4. The van der Waals surface area contributed by atoms with E-state index in [0.29, 0.717) is 0 Å². The third-order valence-corrected chi connectivity index (χ3v) is 4.07. The van der Waals surface area contributed by atoms with Crippen LogP contribution in [0.15, 0.2) is 0 Å². The van der Waals surface area contributed by atoms with Crippen LogP contribution in [0.2, 0.25) is 0 Å². The molecule has 14 heteroatoms. The molecule has 152 valence electrons. The van der Waals surface area contributed by atoms with E-state index < -0.39 is 74.6 Å². The van der Waals surface area contributed by atoms with Crippen LogP contribution in [-0.2, 0) is 14.2 Å². The molecule has 0 saturated carbocycles. The molecule has 9 atom stereocenters. The number of hydrogen-bond donors (Lipinski definition) is 8. The molecule has 8 N–H and O–H groups in total. The van der Waals surface area contributed by atoms with Gasteiger partial charge < -0.3 is 79.9 Å². The zero-order valence-electron chi connectivity index (χ0n) is 13.5. The van der Waals surface area contributed by atoms with Crippen molar-refractivity contribution in [2.45, 2.75) is 54.8 Å². The van der Waals surface area contributed by atoms with Crippen LogP contribution in [0.3, 0.4) is 0 Å². The molecule has 0 bridgehead atoms. The molecule has 0 radical (unpaired) electrons. The van der Waals surface area contributed by atoms with Crippen molar-refractivity contribution in [2.75, 3.05) is 19.8 Å². The van der Waals surface area contributed by atoms with E-state index in [2.05, 4.69) is 0 Å². The Kier molecular flexibility index (Phi) is 13.9. The molecule has 0 aromatic rings. The molecule has 2 heterocycles. The van der Waals surface area contributed by atoms with Crippen molar-refractivity contribution in [1.29, 1.82) is 0 Å². The third kappa shape index (κ3) is 5.51. The molecule has 2 aliphatic rings. The number of ether oxygens (including phenoxy) is 3. The first-order chi connectivity index (χ1) is 10.8. The predicted molar refractivity (Wildman–Crippen MR) is 74.4 cm³/mol. The Morgan fingerprint density at radius 2 is 1.31 bits per heavy atom. The zero-order chi connectivity index (χ0) is 17.4. The second-order valence-corrected chi connectivity index (χ2v) is 5.56. The van der Waals surface area contributed by atoms with Crippen LogP contribution in [0.1, 0.15) is 0 Å². The van der Waals surface area contributed by atoms with Gasteiger partial charge in [0.05, 0.1) is 13.2 Å². The number of aliphatic hydroxyl groups is 8. The van der Waals surface area contributed by atoms with Gasteiger partial charge in [-0.1, -0.05) is 0 Å². The van der Waals surface area contributed by atoms with E-state index in [4.69, 9.17) is 24.4 Å². The van der Waals surface area contributed by atoms with Gasteiger partial charge in [-0.25, -0.2) is 0 Å². The van der Waals surface area contributed by atoms with E-state index in [-0.39, 0.29) is 62.6 Å². The van der Waals surface area contributed by atoms with Gasteiger partial charge in [-0.3, -0.25) is 0 Å². The number of halogens is 2. The smallest absolute Gasteiger partial charge is 1.00 e. The molecule has 0 aromatic carbocycles. The topological polar surface area (TPSA) is 190 Å². The van der Waals surface area contributed by atoms with Crippen LogP contribution in [0, 0.1) is 0 Å². The van der Waals surface area contributed by atoms with Gasteiger partial charge in [0.1, 0.15) is 49.3 Å². The molecular weight excluding hydrogens is 431 g/mol. The molecule has 0 spiro atoms. The molecule has 2 fully saturated rings. The quantitative estimate of drug-likeness (QED) is 0.185. The predicted octanol–water partition coefficient (Wildman–Crippen LogP) is -11.8. The van der Waals surface area contributed by atoms with E-state index in [0.717, 1.165) is 0 Å². The Balaban J connectivity index is 0. The van der Waals surface area contributed by atoms with E-state index in [1.165, 1.54) is 0 Å². The Bertz CT molecular complexity index is 409. The van der Waals surface area contributed by atoms with E-state index in [1.807, 2.05) is 0 Å². The van der Waals surface area contributed by atoms with E-state index in [9.17, 15) is 30.6 Å². The summed E-state index contributed by atoms with van der Waals surface area (Å²) in [5.41, 5.74) is 0. The summed E-state index contributed by atoms with van der Waals surface area (Å²) >= 11 is 0. The van der Waals surface area contributed by atoms with Crippen LogP contribution in [-0.4, -0.2) is 153 Å². The van der Waals surface area contributed by atoms with Gasteiger partial charge in [0.2, 0.25) is 5.79 Å². The molecule has 2 aliphatic heterocycles. The first kappa shape index (κ1) is 29.6. The maximum Gasteiger partial charge on any atom is 2.00 e. The van der Waals surface area contributed by atoms with Crippen molar-refractivity contribution < 1.29 is 79.9 Å². The molecule has 0 aromatic heterocycles. The van der Waals surface area contributed by atoms with Crippen LogP contribution < -0.4 is 24.8 Å². The monoisotopic (exact) mass is 452 g/mol. The molecular formula is C12H22CaCl2O11. The standard InChI is InChI=1S/C12H22O11.Ca.2ClH/c13-1-4-6(16)8(18)9(19)11(21-4)23-12(3-15)10(20)7(17)5(2-14)22-12;;;/h4-11,13-20H,1-3H2;;2*1H/q;+2;;/p-2/t4-,5-,6-,7-,8+,9-,10+,11-,12+;;;/m1.../s1. The Morgan fingerprint density at radius 3 is 1.73 bits per heavy atom. The second-order valence-electron chi connectivity index (χ2n) is 5.56. The molecule has 2 rings (SSSR count). The molecule has 0 unspecified atom stereocenters. The SMILES string of the molecule is OC[C@H]1O[C@@](CO)(O[C@H]2O[C@H](CO)[C@@H](O)[C@H](O)[C@H]2O)[C@@H](O)[C@@H]1O.[Ca+2].[Cl-].[Cl-]. The fraction of sp³-hybridized carbons (Fsp3) is 1.00. The maximum atomic E-state index is 10.00. The fourth-order valence-electron chi connectivity index (χ4n) is 2.63. The van der Waals surface area contributed by atoms with Crippen LogP contribution in [0.5, 0.6) is 0 Å². The average molecular weight is 453 g/mol. The summed E-state index contributed by atoms with van der Waals surface area (Å²) in [5, 5.41) is 76.7. The summed E-state index contributed by atoms with van der Waals surface area (Å²) in [7, 11) is 0. The average Bonchev–Trinajstić information content (AvgIpc) is 2.80. The minimum absolute atomic E-state index is 0. The number of hydrogen-bond acceptors (Lipinski definition) is 11. The third-order valence-electron chi connectivity index (χ3n) is 4.07. The summed E-state index contributed by atoms with van der Waals surface area (Å²) in [6.45, 7) is -2.32. The van der Waals surface area contributed by atoms with Gasteiger partial charge in [-0.2, -0.15) is 0 Å². The summed E-state index contributed by atoms with van der Waals surface area (Å²) in [4.78, 5) is 0. The molecule has 11 nitrogen and oxygen atoms in total. The van der Waals surface area contributed by atoms with Crippen molar-refractivity contribution in [3.63, 3.8) is 0 Å². The summed E-state index contributed by atoms with van der Waals surface area (Å²) in [5.74, 6) is -2.22. The number of aliphatic hydroxyl groups excluding tert-OH is 8.